The van der Waals surface area contributed by atoms with Crippen LogP contribution in [0.25, 0.3) is 10.9 Å². The fourth-order valence-electron chi connectivity index (χ4n) is 5.02. The molecule has 1 saturated heterocycles. The van der Waals surface area contributed by atoms with Gasteiger partial charge in [0.15, 0.2) is 0 Å². The van der Waals surface area contributed by atoms with E-state index in [1.807, 2.05) is 72.0 Å². The molecule has 2 atom stereocenters. The van der Waals surface area contributed by atoms with Gasteiger partial charge in [-0.1, -0.05) is 48.0 Å². The number of halogens is 1. The maximum absolute atomic E-state index is 9.99. The van der Waals surface area contributed by atoms with Gasteiger partial charge in [-0.15, -0.1) is 5.53 Å². The van der Waals surface area contributed by atoms with E-state index in [2.05, 4.69) is 37.6 Å². The molecule has 10 nitrogen and oxygen atoms in total. The SMILES string of the molecule is N#Cc1cnc2c(Cl)cc(N[C@H](C3=CN(C4COC4)NN3)c3cccnc3)cc2c1N[C@@H](CCO)c1ccccc1. The number of aromatic nitrogens is 2. The topological polar surface area (TPSA) is 130 Å². The third-order valence-electron chi connectivity index (χ3n) is 7.24. The third-order valence-corrected chi connectivity index (χ3v) is 7.53. The molecular weight excluding hydrogens is 540 g/mol. The number of hydrogen-bond donors (Lipinski definition) is 5. The summed E-state index contributed by atoms with van der Waals surface area (Å²) in [6, 6.07) is 19.5. The highest BCUT2D eigenvalue weighted by molar-refractivity contribution is 6.35. The van der Waals surface area contributed by atoms with Gasteiger partial charge in [-0.25, -0.2) is 0 Å². The second kappa shape index (κ2) is 12.0. The minimum atomic E-state index is -0.286. The molecule has 6 rings (SSSR count). The van der Waals surface area contributed by atoms with Gasteiger partial charge in [0.2, 0.25) is 0 Å². The number of hydrazine groups is 2. The first kappa shape index (κ1) is 26.8. The molecule has 2 aliphatic heterocycles. The number of aliphatic hydroxyl groups excluding tert-OH is 1. The molecule has 41 heavy (non-hydrogen) atoms. The number of nitrogens with one attached hydrogen (secondary N) is 4. The van der Waals surface area contributed by atoms with Gasteiger partial charge in [-0.2, -0.15) is 5.26 Å². The quantitative estimate of drug-likeness (QED) is 0.187. The summed E-state index contributed by atoms with van der Waals surface area (Å²) in [4.78, 5) is 8.84. The monoisotopic (exact) mass is 568 g/mol. The number of nitriles is 1. The maximum atomic E-state index is 9.99. The summed E-state index contributed by atoms with van der Waals surface area (Å²) in [6.45, 7) is 1.31. The first-order chi connectivity index (χ1) is 20.1. The minimum Gasteiger partial charge on any atom is -0.396 e. The number of anilines is 2. The Morgan fingerprint density at radius 3 is 2.66 bits per heavy atom. The molecule has 0 amide bonds. The zero-order chi connectivity index (χ0) is 28.2. The van der Waals surface area contributed by atoms with Crippen LogP contribution in [-0.4, -0.2) is 45.9 Å². The molecule has 0 spiro atoms. The number of aliphatic hydroxyl groups is 1. The van der Waals surface area contributed by atoms with Crippen LogP contribution in [0.3, 0.4) is 0 Å². The smallest absolute Gasteiger partial charge is 0.103 e. The lowest BCUT2D eigenvalue weighted by Gasteiger charge is -2.33. The summed E-state index contributed by atoms with van der Waals surface area (Å²) in [5.74, 6) is 0. The predicted octanol–water partition coefficient (Wildman–Crippen LogP) is 4.41. The Hall–Kier alpha value is -4.40. The highest BCUT2D eigenvalue weighted by Gasteiger charge is 2.30. The number of rotatable bonds is 10. The van der Waals surface area contributed by atoms with Crippen molar-refractivity contribution in [3.8, 4) is 6.07 Å². The largest absolute Gasteiger partial charge is 0.396 e. The lowest BCUT2D eigenvalue weighted by Crippen LogP contribution is -2.52. The van der Waals surface area contributed by atoms with E-state index in [9.17, 15) is 10.4 Å². The minimum absolute atomic E-state index is 0.0159. The second-order valence-corrected chi connectivity index (χ2v) is 10.3. The molecule has 4 heterocycles. The van der Waals surface area contributed by atoms with Crippen LogP contribution in [0.4, 0.5) is 11.4 Å². The van der Waals surface area contributed by atoms with Gasteiger partial charge in [0.25, 0.3) is 0 Å². The lowest BCUT2D eigenvalue weighted by atomic mass is 10.0. The fourth-order valence-corrected chi connectivity index (χ4v) is 5.29. The molecule has 0 bridgehead atoms. The van der Waals surface area contributed by atoms with E-state index >= 15 is 0 Å². The number of pyridine rings is 2. The van der Waals surface area contributed by atoms with Crippen LogP contribution in [0.5, 0.6) is 0 Å². The van der Waals surface area contributed by atoms with Crippen molar-refractivity contribution >= 4 is 33.9 Å². The van der Waals surface area contributed by atoms with E-state index in [1.165, 1.54) is 6.20 Å². The van der Waals surface area contributed by atoms with Crippen molar-refractivity contribution in [3.63, 3.8) is 0 Å². The molecule has 0 radical (unpaired) electrons. The summed E-state index contributed by atoms with van der Waals surface area (Å²) in [7, 11) is 0. The van der Waals surface area contributed by atoms with Gasteiger partial charge in [-0.05, 0) is 35.7 Å². The molecule has 208 valence electrons. The van der Waals surface area contributed by atoms with Crippen LogP contribution in [0, 0.1) is 11.3 Å². The van der Waals surface area contributed by atoms with Crippen molar-refractivity contribution in [1.82, 2.24) is 25.9 Å². The number of hydrogen-bond acceptors (Lipinski definition) is 10. The van der Waals surface area contributed by atoms with E-state index in [0.29, 0.717) is 46.8 Å². The standard InChI is InChI=1S/C30H29ClN8O2/c31-25-12-22(35-29(20-7-4-9-33-14-20)27-16-39(38-37-27)23-17-41-18-23)11-24-28(21(13-32)15-34-30(24)25)36-26(8-10-40)19-5-2-1-3-6-19/h1-7,9,11-12,14-16,23,26,29,35,37-38,40H,8,10,17-18H2,(H,34,36)/t26-,29-/m0/s1. The van der Waals surface area contributed by atoms with Crippen LogP contribution in [0.2, 0.25) is 5.02 Å². The Kier molecular flexibility index (Phi) is 7.84. The fraction of sp³-hybridized carbons (Fsp3) is 0.233. The maximum Gasteiger partial charge on any atom is 0.103 e. The van der Waals surface area contributed by atoms with E-state index in [4.69, 9.17) is 16.3 Å². The van der Waals surface area contributed by atoms with Gasteiger partial charge in [-0.3, -0.25) is 15.0 Å². The lowest BCUT2D eigenvalue weighted by molar-refractivity contribution is -0.0635. The van der Waals surface area contributed by atoms with Crippen LogP contribution in [0.1, 0.15) is 35.2 Å². The number of ether oxygens (including phenoxy) is 1. The van der Waals surface area contributed by atoms with Gasteiger partial charge in [0.05, 0.1) is 58.8 Å². The normalized spacial score (nSPS) is 16.3. The molecule has 0 unspecified atom stereocenters. The molecular formula is C30H29ClN8O2. The Morgan fingerprint density at radius 2 is 1.95 bits per heavy atom. The molecule has 1 fully saturated rings. The van der Waals surface area contributed by atoms with Gasteiger partial charge < -0.3 is 25.9 Å². The van der Waals surface area contributed by atoms with E-state index in [1.54, 1.807) is 6.20 Å². The Labute approximate surface area is 242 Å². The number of benzene rings is 2. The van der Waals surface area contributed by atoms with Crippen LogP contribution in [-0.2, 0) is 4.74 Å². The van der Waals surface area contributed by atoms with Crippen molar-refractivity contribution in [3.05, 3.63) is 107 Å². The molecule has 5 N–H and O–H groups in total. The molecule has 0 aliphatic carbocycles. The number of fused-ring (bicyclic) bond motifs is 1. The van der Waals surface area contributed by atoms with E-state index in [0.717, 1.165) is 22.5 Å². The van der Waals surface area contributed by atoms with Crippen molar-refractivity contribution in [1.29, 1.82) is 5.26 Å². The second-order valence-electron chi connectivity index (χ2n) is 9.92. The van der Waals surface area contributed by atoms with Crippen LogP contribution < -0.4 is 21.6 Å². The van der Waals surface area contributed by atoms with E-state index < -0.39 is 0 Å². The molecule has 2 aromatic carbocycles. The van der Waals surface area contributed by atoms with Gasteiger partial charge in [0.1, 0.15) is 6.07 Å². The highest BCUT2D eigenvalue weighted by Crippen LogP contribution is 2.37. The van der Waals surface area contributed by atoms with Crippen LogP contribution >= 0.6 is 11.6 Å². The summed E-state index contributed by atoms with van der Waals surface area (Å²) < 4.78 is 5.35. The van der Waals surface area contributed by atoms with Crippen molar-refractivity contribution in [2.45, 2.75) is 24.5 Å². The van der Waals surface area contributed by atoms with Crippen molar-refractivity contribution in [2.24, 2.45) is 0 Å². The molecule has 2 aliphatic rings. The first-order valence-corrected chi connectivity index (χ1v) is 13.7. The molecule has 11 heteroatoms. The predicted molar refractivity (Wildman–Crippen MR) is 157 cm³/mol. The van der Waals surface area contributed by atoms with Crippen LogP contribution in [0.15, 0.2) is 85.1 Å². The molecule has 2 aromatic heterocycles. The number of nitrogens with zero attached hydrogens (tertiary/aromatic N) is 4. The highest BCUT2D eigenvalue weighted by atomic mass is 35.5. The molecule has 0 saturated carbocycles. The Balaban J connectivity index is 1.39. The molecule has 4 aromatic rings. The average molecular weight is 569 g/mol. The van der Waals surface area contributed by atoms with Gasteiger partial charge in [0, 0.05) is 42.5 Å². The first-order valence-electron chi connectivity index (χ1n) is 13.3. The summed E-state index contributed by atoms with van der Waals surface area (Å²) >= 11 is 6.79. The van der Waals surface area contributed by atoms with E-state index in [-0.39, 0.29) is 24.7 Å². The Bertz CT molecular complexity index is 1590. The summed E-state index contributed by atoms with van der Waals surface area (Å²) in [5.41, 5.74) is 11.6. The average Bonchev–Trinajstić information content (AvgIpc) is 3.45. The zero-order valence-corrected chi connectivity index (χ0v) is 22.8. The summed E-state index contributed by atoms with van der Waals surface area (Å²) in [6.07, 6.45) is 7.58. The summed E-state index contributed by atoms with van der Waals surface area (Å²) in [5, 5.41) is 30.1. The zero-order valence-electron chi connectivity index (χ0n) is 22.1. The van der Waals surface area contributed by atoms with Gasteiger partial charge >= 0.3 is 0 Å². The Morgan fingerprint density at radius 1 is 1.12 bits per heavy atom. The van der Waals surface area contributed by atoms with Crippen molar-refractivity contribution < 1.29 is 9.84 Å². The third kappa shape index (κ3) is 5.62. The van der Waals surface area contributed by atoms with Crippen molar-refractivity contribution in [2.75, 3.05) is 30.5 Å².